The van der Waals surface area contributed by atoms with Crippen LogP contribution >= 0.6 is 0 Å². The van der Waals surface area contributed by atoms with Crippen LogP contribution in [0.1, 0.15) is 13.8 Å². The third kappa shape index (κ3) is 3.90. The molecule has 9 nitrogen and oxygen atoms in total. The zero-order chi connectivity index (χ0) is 23.3. The molecular weight excluding hydrogens is 450 g/mol. The first-order valence-electron chi connectivity index (χ1n) is 10.2. The fraction of sp³-hybridized carbons (Fsp3) is 0.381. The van der Waals surface area contributed by atoms with Gasteiger partial charge in [-0.3, -0.25) is 0 Å². The minimum Gasteiger partial charge on any atom is -0.372 e. The zero-order valence-electron chi connectivity index (χ0n) is 18.4. The van der Waals surface area contributed by atoms with Crippen LogP contribution in [-0.4, -0.2) is 65.5 Å². The third-order valence-electron chi connectivity index (χ3n) is 5.44. The molecule has 1 aliphatic rings. The number of anilines is 1. The Kier molecular flexibility index (Phi) is 5.78. The molecule has 172 valence electrons. The summed E-state index contributed by atoms with van der Waals surface area (Å²) in [7, 11) is -4.08. The molecular formula is C21H27N5O4S2. The second-order valence-electron chi connectivity index (χ2n) is 8.16. The third-order valence-corrected chi connectivity index (χ3v) is 8.98. The van der Waals surface area contributed by atoms with Gasteiger partial charge in [0.05, 0.1) is 27.5 Å². The van der Waals surface area contributed by atoms with Crippen LogP contribution < -0.4 is 4.90 Å². The first-order chi connectivity index (χ1) is 15.0. The van der Waals surface area contributed by atoms with Gasteiger partial charge in [-0.05, 0) is 50.2 Å². The van der Waals surface area contributed by atoms with Crippen molar-refractivity contribution in [2.75, 3.05) is 32.1 Å². The van der Waals surface area contributed by atoms with Gasteiger partial charge >= 0.3 is 0 Å². The van der Waals surface area contributed by atoms with E-state index in [4.69, 9.17) is 9.52 Å². The average molecular weight is 478 g/mol. The van der Waals surface area contributed by atoms with Gasteiger partial charge in [0.25, 0.3) is 10.0 Å². The maximum atomic E-state index is 13.5. The summed E-state index contributed by atoms with van der Waals surface area (Å²) >= 11 is 0. The molecule has 1 N–H and O–H groups in total. The van der Waals surface area contributed by atoms with E-state index in [9.17, 15) is 12.6 Å². The fourth-order valence-corrected chi connectivity index (χ4v) is 6.11. The summed E-state index contributed by atoms with van der Waals surface area (Å²) in [6, 6.07) is 12.8. The summed E-state index contributed by atoms with van der Waals surface area (Å²) in [6.45, 7) is 5.20. The van der Waals surface area contributed by atoms with Crippen LogP contribution in [0.25, 0.3) is 10.9 Å². The molecule has 0 amide bonds. The van der Waals surface area contributed by atoms with Crippen LogP contribution in [0.4, 0.5) is 5.82 Å². The maximum absolute atomic E-state index is 13.5. The van der Waals surface area contributed by atoms with Crippen LogP contribution in [0.2, 0.25) is 0 Å². The van der Waals surface area contributed by atoms with Crippen LogP contribution in [0.5, 0.6) is 0 Å². The monoisotopic (exact) mass is 477 g/mol. The van der Waals surface area contributed by atoms with Crippen molar-refractivity contribution in [3.63, 3.8) is 0 Å². The number of morpholine rings is 1. The molecule has 3 aromatic rings. The molecule has 0 bridgehead atoms. The number of rotatable bonds is 5. The van der Waals surface area contributed by atoms with E-state index in [2.05, 4.69) is 10.00 Å². The first-order valence-corrected chi connectivity index (χ1v) is 13.2. The van der Waals surface area contributed by atoms with Gasteiger partial charge in [0.15, 0.2) is 5.82 Å². The number of aromatic nitrogens is 2. The quantitative estimate of drug-likeness (QED) is 0.605. The molecule has 3 atom stereocenters. The van der Waals surface area contributed by atoms with E-state index in [-0.39, 0.29) is 22.0 Å². The van der Waals surface area contributed by atoms with Crippen molar-refractivity contribution >= 4 is 36.7 Å². The molecule has 0 aliphatic carbocycles. The molecule has 0 radical (unpaired) electrons. The van der Waals surface area contributed by atoms with Crippen molar-refractivity contribution in [2.45, 2.75) is 35.8 Å². The van der Waals surface area contributed by atoms with Gasteiger partial charge in [-0.25, -0.2) is 13.3 Å². The summed E-state index contributed by atoms with van der Waals surface area (Å²) in [5.74, 6) is 0.601. The predicted molar refractivity (Wildman–Crippen MR) is 124 cm³/mol. The molecule has 1 saturated heterocycles. The van der Waals surface area contributed by atoms with Gasteiger partial charge in [-0.15, -0.1) is 5.10 Å². The molecule has 0 spiro atoms. The van der Waals surface area contributed by atoms with Gasteiger partial charge in [0.1, 0.15) is 9.92 Å². The molecule has 32 heavy (non-hydrogen) atoms. The van der Waals surface area contributed by atoms with Crippen molar-refractivity contribution in [1.29, 1.82) is 4.78 Å². The van der Waals surface area contributed by atoms with E-state index in [1.165, 1.54) is 28.6 Å². The molecule has 1 unspecified atom stereocenters. The zero-order valence-corrected chi connectivity index (χ0v) is 20.1. The molecule has 4 rings (SSSR count). The number of benzene rings is 2. The lowest BCUT2D eigenvalue weighted by atomic mass is 10.2. The van der Waals surface area contributed by atoms with Crippen LogP contribution in [0.15, 0.2) is 58.3 Å². The lowest BCUT2D eigenvalue weighted by Crippen LogP contribution is -2.45. The standard InChI is InChI=1S/C21H27N5O4S2/c1-15-13-25(14-16(2)30-15)21-19-7-5-6-8-20(19)26(23-21)32(28,29)18-11-9-17(10-12-18)31(22,27)24(3)4/h5-12,15-16,22H,13-14H2,1-4H3/t15-,16-,31?/m1/s1. The van der Waals surface area contributed by atoms with Crippen LogP contribution in [0.3, 0.4) is 0 Å². The summed E-state index contributed by atoms with van der Waals surface area (Å²) in [6.07, 6.45) is 0.00600. The molecule has 2 aromatic carbocycles. The Bertz CT molecular complexity index is 1340. The predicted octanol–water partition coefficient (Wildman–Crippen LogP) is 2.77. The highest BCUT2D eigenvalue weighted by molar-refractivity contribution is 7.90. The van der Waals surface area contributed by atoms with E-state index in [0.717, 1.165) is 9.47 Å². The summed E-state index contributed by atoms with van der Waals surface area (Å²) in [5, 5.41) is 5.27. The highest BCUT2D eigenvalue weighted by Gasteiger charge is 2.29. The Morgan fingerprint density at radius 2 is 1.53 bits per heavy atom. The van der Waals surface area contributed by atoms with Crippen molar-refractivity contribution in [3.05, 3.63) is 48.5 Å². The van der Waals surface area contributed by atoms with Crippen molar-refractivity contribution in [2.24, 2.45) is 0 Å². The lowest BCUT2D eigenvalue weighted by Gasteiger charge is -2.35. The van der Waals surface area contributed by atoms with E-state index >= 15 is 0 Å². The number of nitrogens with zero attached hydrogens (tertiary/aromatic N) is 4. The Labute approximate surface area is 188 Å². The van der Waals surface area contributed by atoms with Gasteiger partial charge < -0.3 is 9.64 Å². The molecule has 0 saturated carbocycles. The highest BCUT2D eigenvalue weighted by Crippen LogP contribution is 2.31. The van der Waals surface area contributed by atoms with E-state index in [1.54, 1.807) is 26.2 Å². The molecule has 1 fully saturated rings. The minimum atomic E-state index is -4.01. The number of hydrogen-bond acceptors (Lipinski definition) is 7. The Hall–Kier alpha value is -2.47. The largest absolute Gasteiger partial charge is 0.372 e. The number of ether oxygens (including phenoxy) is 1. The van der Waals surface area contributed by atoms with Crippen molar-refractivity contribution in [1.82, 2.24) is 13.5 Å². The maximum Gasteiger partial charge on any atom is 0.283 e. The van der Waals surface area contributed by atoms with E-state index < -0.39 is 19.9 Å². The van der Waals surface area contributed by atoms with Gasteiger partial charge in [0.2, 0.25) is 0 Å². The summed E-state index contributed by atoms with van der Waals surface area (Å²) in [5.41, 5.74) is 0.482. The summed E-state index contributed by atoms with van der Waals surface area (Å²) in [4.78, 5) is 2.31. The fourth-order valence-electron chi connectivity index (χ4n) is 3.90. The van der Waals surface area contributed by atoms with Crippen LogP contribution in [-0.2, 0) is 24.7 Å². The first kappa shape index (κ1) is 22.7. The molecule has 2 heterocycles. The molecule has 11 heteroatoms. The second kappa shape index (κ2) is 8.14. The lowest BCUT2D eigenvalue weighted by molar-refractivity contribution is -0.00538. The number of para-hydroxylation sites is 1. The average Bonchev–Trinajstić information content (AvgIpc) is 3.13. The Morgan fingerprint density at radius 1 is 0.969 bits per heavy atom. The van der Waals surface area contributed by atoms with E-state index in [0.29, 0.717) is 24.4 Å². The highest BCUT2D eigenvalue weighted by atomic mass is 32.2. The van der Waals surface area contributed by atoms with Crippen LogP contribution in [0, 0.1) is 4.78 Å². The number of hydrogen-bond donors (Lipinski definition) is 1. The molecule has 1 aromatic heterocycles. The van der Waals surface area contributed by atoms with Gasteiger partial charge in [-0.1, -0.05) is 12.1 Å². The van der Waals surface area contributed by atoms with Crippen molar-refractivity contribution < 1.29 is 17.4 Å². The van der Waals surface area contributed by atoms with Gasteiger partial charge in [0, 0.05) is 32.6 Å². The SMILES string of the molecule is C[C@@H]1CN(c2nn(S(=O)(=O)c3ccc(S(=N)(=O)N(C)C)cc3)c3ccccc23)C[C@@H](C)O1. The Morgan fingerprint density at radius 3 is 2.12 bits per heavy atom. The minimum absolute atomic E-state index is 0.00300. The van der Waals surface area contributed by atoms with E-state index in [1.807, 2.05) is 26.0 Å². The normalized spacial score (nSPS) is 21.7. The topological polar surface area (TPSA) is 109 Å². The van der Waals surface area contributed by atoms with Crippen molar-refractivity contribution in [3.8, 4) is 0 Å². The second-order valence-corrected chi connectivity index (χ2v) is 12.2. The Balaban J connectivity index is 1.80. The molecule has 1 aliphatic heterocycles. The number of nitrogens with one attached hydrogen (secondary N) is 1. The van der Waals surface area contributed by atoms with Gasteiger partial charge in [-0.2, -0.15) is 12.5 Å². The smallest absolute Gasteiger partial charge is 0.283 e. The number of fused-ring (bicyclic) bond motifs is 1. The summed E-state index contributed by atoms with van der Waals surface area (Å²) < 4.78 is 55.7.